The molecule has 11 heavy (non-hydrogen) atoms. The number of fused-ring (bicyclic) bond motifs is 1. The molecule has 0 radical (unpaired) electrons. The molecule has 0 aliphatic heterocycles. The molecule has 0 aromatic heterocycles. The third-order valence-electron chi connectivity index (χ3n) is 3.24. The quantitative estimate of drug-likeness (QED) is 0.420. The highest BCUT2D eigenvalue weighted by molar-refractivity contribution is 5.88. The molecular formula is C9H15NO. The van der Waals surface area contributed by atoms with Gasteiger partial charge in [-0.15, -0.1) is 0 Å². The molecule has 2 heteroatoms. The van der Waals surface area contributed by atoms with Crippen molar-refractivity contribution < 1.29 is 5.21 Å². The Morgan fingerprint density at radius 1 is 1.18 bits per heavy atom. The Kier molecular flexibility index (Phi) is 1.84. The van der Waals surface area contributed by atoms with E-state index >= 15 is 0 Å². The van der Waals surface area contributed by atoms with Crippen LogP contribution in [0.2, 0.25) is 0 Å². The van der Waals surface area contributed by atoms with E-state index in [4.69, 9.17) is 5.21 Å². The van der Waals surface area contributed by atoms with Crippen LogP contribution in [-0.2, 0) is 0 Å². The van der Waals surface area contributed by atoms with Crippen LogP contribution in [0.15, 0.2) is 5.16 Å². The first-order chi connectivity index (χ1) is 5.42. The van der Waals surface area contributed by atoms with Gasteiger partial charge in [0.15, 0.2) is 0 Å². The second kappa shape index (κ2) is 2.84. The third-order valence-corrected chi connectivity index (χ3v) is 3.24. The van der Waals surface area contributed by atoms with Gasteiger partial charge in [-0.05, 0) is 31.6 Å². The smallest absolute Gasteiger partial charge is 0.0604 e. The SMILES string of the molecule is O/N=C1/CCC2CCCCC12. The molecule has 2 atom stereocenters. The van der Waals surface area contributed by atoms with Gasteiger partial charge in [0, 0.05) is 5.92 Å². The van der Waals surface area contributed by atoms with E-state index in [-0.39, 0.29) is 0 Å². The number of rotatable bonds is 0. The molecule has 0 heterocycles. The molecule has 0 saturated heterocycles. The van der Waals surface area contributed by atoms with E-state index in [1.165, 1.54) is 32.1 Å². The van der Waals surface area contributed by atoms with Crippen molar-refractivity contribution >= 4 is 5.71 Å². The van der Waals surface area contributed by atoms with Crippen LogP contribution in [-0.4, -0.2) is 10.9 Å². The summed E-state index contributed by atoms with van der Waals surface area (Å²) in [6.07, 6.45) is 7.67. The topological polar surface area (TPSA) is 32.6 Å². The first-order valence-corrected chi connectivity index (χ1v) is 4.62. The fourth-order valence-corrected chi connectivity index (χ4v) is 2.63. The lowest BCUT2D eigenvalue weighted by Crippen LogP contribution is -2.18. The van der Waals surface area contributed by atoms with Gasteiger partial charge < -0.3 is 5.21 Å². The minimum absolute atomic E-state index is 0.647. The van der Waals surface area contributed by atoms with Crippen molar-refractivity contribution in [3.8, 4) is 0 Å². The number of nitrogens with zero attached hydrogens (tertiary/aromatic N) is 1. The maximum absolute atomic E-state index is 8.69. The Hall–Kier alpha value is -0.530. The Balaban J connectivity index is 2.10. The first-order valence-electron chi connectivity index (χ1n) is 4.62. The van der Waals surface area contributed by atoms with E-state index < -0.39 is 0 Å². The van der Waals surface area contributed by atoms with Gasteiger partial charge in [-0.1, -0.05) is 18.0 Å². The number of hydrogen-bond donors (Lipinski definition) is 1. The zero-order valence-corrected chi connectivity index (χ0v) is 6.79. The fourth-order valence-electron chi connectivity index (χ4n) is 2.63. The highest BCUT2D eigenvalue weighted by Crippen LogP contribution is 2.40. The second-order valence-electron chi connectivity index (χ2n) is 3.78. The highest BCUT2D eigenvalue weighted by Gasteiger charge is 2.34. The molecule has 1 N–H and O–H groups in total. The summed E-state index contributed by atoms with van der Waals surface area (Å²) in [5.41, 5.74) is 1.08. The summed E-state index contributed by atoms with van der Waals surface area (Å²) in [6, 6.07) is 0. The molecule has 2 saturated carbocycles. The minimum Gasteiger partial charge on any atom is -0.411 e. The van der Waals surface area contributed by atoms with Crippen LogP contribution in [0.1, 0.15) is 38.5 Å². The molecular weight excluding hydrogens is 138 g/mol. The van der Waals surface area contributed by atoms with Crippen molar-refractivity contribution in [1.29, 1.82) is 0 Å². The molecule has 2 fully saturated rings. The third kappa shape index (κ3) is 1.15. The summed E-state index contributed by atoms with van der Waals surface area (Å²) in [7, 11) is 0. The van der Waals surface area contributed by atoms with Gasteiger partial charge in [0.2, 0.25) is 0 Å². The van der Waals surface area contributed by atoms with Crippen LogP contribution >= 0.6 is 0 Å². The molecule has 2 aliphatic rings. The Bertz CT molecular complexity index is 176. The predicted octanol–water partition coefficient (Wildman–Crippen LogP) is 2.42. The Morgan fingerprint density at radius 2 is 2.00 bits per heavy atom. The maximum Gasteiger partial charge on any atom is 0.0604 e. The highest BCUT2D eigenvalue weighted by atomic mass is 16.4. The van der Waals surface area contributed by atoms with Gasteiger partial charge in [0.05, 0.1) is 5.71 Å². The predicted molar refractivity (Wildman–Crippen MR) is 43.9 cm³/mol. The van der Waals surface area contributed by atoms with Gasteiger partial charge in [0.25, 0.3) is 0 Å². The maximum atomic E-state index is 8.69. The number of oxime groups is 1. The van der Waals surface area contributed by atoms with Crippen molar-refractivity contribution in [3.63, 3.8) is 0 Å². The van der Waals surface area contributed by atoms with E-state index in [2.05, 4.69) is 5.16 Å². The normalized spacial score (nSPS) is 40.9. The zero-order valence-electron chi connectivity index (χ0n) is 6.79. The summed E-state index contributed by atoms with van der Waals surface area (Å²) < 4.78 is 0. The van der Waals surface area contributed by atoms with Gasteiger partial charge in [-0.25, -0.2) is 0 Å². The summed E-state index contributed by atoms with van der Waals surface area (Å²) in [5.74, 6) is 1.50. The van der Waals surface area contributed by atoms with Gasteiger partial charge >= 0.3 is 0 Å². The van der Waals surface area contributed by atoms with E-state index in [0.29, 0.717) is 5.92 Å². The molecule has 0 bridgehead atoms. The number of hydrogen-bond acceptors (Lipinski definition) is 2. The monoisotopic (exact) mass is 153 g/mol. The fraction of sp³-hybridized carbons (Fsp3) is 0.889. The van der Waals surface area contributed by atoms with Gasteiger partial charge in [-0.2, -0.15) is 0 Å². The Labute approximate surface area is 67.3 Å². The molecule has 0 aromatic rings. The van der Waals surface area contributed by atoms with E-state index in [1.54, 1.807) is 0 Å². The van der Waals surface area contributed by atoms with Crippen LogP contribution in [0.5, 0.6) is 0 Å². The minimum atomic E-state index is 0.647. The van der Waals surface area contributed by atoms with Crippen molar-refractivity contribution in [2.75, 3.05) is 0 Å². The van der Waals surface area contributed by atoms with E-state index in [0.717, 1.165) is 18.1 Å². The molecule has 2 nitrogen and oxygen atoms in total. The van der Waals surface area contributed by atoms with E-state index in [9.17, 15) is 0 Å². The van der Waals surface area contributed by atoms with Crippen molar-refractivity contribution in [2.24, 2.45) is 17.0 Å². The summed E-state index contributed by atoms with van der Waals surface area (Å²) in [4.78, 5) is 0. The lowest BCUT2D eigenvalue weighted by atomic mass is 9.81. The summed E-state index contributed by atoms with van der Waals surface area (Å²) >= 11 is 0. The lowest BCUT2D eigenvalue weighted by molar-refractivity contribution is 0.294. The standard InChI is InChI=1S/C9H15NO/c11-10-9-6-5-7-3-1-2-4-8(7)9/h7-8,11H,1-6H2/b10-9-. The first kappa shape index (κ1) is 7.14. The van der Waals surface area contributed by atoms with E-state index in [1.807, 2.05) is 0 Å². The lowest BCUT2D eigenvalue weighted by Gasteiger charge is -2.24. The molecule has 2 aliphatic carbocycles. The van der Waals surface area contributed by atoms with Gasteiger partial charge in [0.1, 0.15) is 0 Å². The van der Waals surface area contributed by atoms with Crippen LogP contribution in [0.25, 0.3) is 0 Å². The molecule has 62 valence electrons. The van der Waals surface area contributed by atoms with Crippen LogP contribution in [0, 0.1) is 11.8 Å². The van der Waals surface area contributed by atoms with Crippen LogP contribution < -0.4 is 0 Å². The largest absolute Gasteiger partial charge is 0.411 e. The Morgan fingerprint density at radius 3 is 2.82 bits per heavy atom. The molecule has 2 rings (SSSR count). The average Bonchev–Trinajstić information content (AvgIpc) is 2.47. The molecule has 0 amide bonds. The van der Waals surface area contributed by atoms with Gasteiger partial charge in [-0.3, -0.25) is 0 Å². The molecule has 0 aromatic carbocycles. The zero-order chi connectivity index (χ0) is 7.68. The summed E-state index contributed by atoms with van der Waals surface area (Å²) in [5, 5.41) is 12.1. The average molecular weight is 153 g/mol. The van der Waals surface area contributed by atoms with Crippen molar-refractivity contribution in [1.82, 2.24) is 0 Å². The van der Waals surface area contributed by atoms with Crippen LogP contribution in [0.4, 0.5) is 0 Å². The van der Waals surface area contributed by atoms with Crippen LogP contribution in [0.3, 0.4) is 0 Å². The summed E-state index contributed by atoms with van der Waals surface area (Å²) in [6.45, 7) is 0. The van der Waals surface area contributed by atoms with Crippen molar-refractivity contribution in [3.05, 3.63) is 0 Å². The molecule has 2 unspecified atom stereocenters. The molecule has 0 spiro atoms. The van der Waals surface area contributed by atoms with Crippen molar-refractivity contribution in [2.45, 2.75) is 38.5 Å². The second-order valence-corrected chi connectivity index (χ2v) is 3.78.